The van der Waals surface area contributed by atoms with Crippen LogP contribution in [0.5, 0.6) is 11.5 Å². The average molecular weight is 267 g/mol. The van der Waals surface area contributed by atoms with Gasteiger partial charge < -0.3 is 4.74 Å². The van der Waals surface area contributed by atoms with E-state index in [2.05, 4.69) is 0 Å². The topological polar surface area (TPSA) is 9.23 Å². The van der Waals surface area contributed by atoms with Crippen LogP contribution in [0.4, 0.5) is 0 Å². The fraction of sp³-hybridized carbons (Fsp3) is 0.143. The fourth-order valence-corrected chi connectivity index (χ4v) is 1.94. The van der Waals surface area contributed by atoms with Crippen LogP contribution in [0.2, 0.25) is 5.02 Å². The van der Waals surface area contributed by atoms with E-state index in [4.69, 9.17) is 27.9 Å². The van der Waals surface area contributed by atoms with Gasteiger partial charge in [-0.25, -0.2) is 0 Å². The van der Waals surface area contributed by atoms with Crippen molar-refractivity contribution in [1.29, 1.82) is 0 Å². The van der Waals surface area contributed by atoms with Crippen LogP contribution in [-0.4, -0.2) is 0 Å². The van der Waals surface area contributed by atoms with Gasteiger partial charge >= 0.3 is 0 Å². The number of hydrogen-bond acceptors (Lipinski definition) is 1. The molecule has 1 nitrogen and oxygen atoms in total. The molecule has 0 aliphatic carbocycles. The summed E-state index contributed by atoms with van der Waals surface area (Å²) < 4.78 is 5.77. The summed E-state index contributed by atoms with van der Waals surface area (Å²) in [4.78, 5) is 0. The molecule has 0 bridgehead atoms. The summed E-state index contributed by atoms with van der Waals surface area (Å²) in [6, 6.07) is 13.4. The first-order valence-corrected chi connectivity index (χ1v) is 6.20. The summed E-state index contributed by atoms with van der Waals surface area (Å²) >= 11 is 12.0. The molecule has 88 valence electrons. The lowest BCUT2D eigenvalue weighted by Crippen LogP contribution is -1.90. The molecule has 0 N–H and O–H groups in total. The first-order valence-electron chi connectivity index (χ1n) is 5.28. The molecule has 2 aromatic carbocycles. The van der Waals surface area contributed by atoms with E-state index in [1.54, 1.807) is 6.07 Å². The Bertz CT molecular complexity index is 506. The molecule has 0 saturated carbocycles. The van der Waals surface area contributed by atoms with Crippen molar-refractivity contribution in [1.82, 2.24) is 0 Å². The molecule has 2 aromatic rings. The minimum atomic E-state index is 0.377. The molecule has 0 atom stereocenters. The third-order valence-corrected chi connectivity index (χ3v) is 3.02. The van der Waals surface area contributed by atoms with E-state index in [0.29, 0.717) is 16.7 Å². The fourth-order valence-electron chi connectivity index (χ4n) is 1.50. The van der Waals surface area contributed by atoms with E-state index < -0.39 is 0 Å². The zero-order valence-electron chi connectivity index (χ0n) is 9.41. The Kier molecular flexibility index (Phi) is 3.93. The number of halogens is 2. The lowest BCUT2D eigenvalue weighted by Gasteiger charge is -2.11. The molecule has 0 fully saturated rings. The van der Waals surface area contributed by atoms with Gasteiger partial charge in [-0.15, -0.1) is 11.6 Å². The van der Waals surface area contributed by atoms with Crippen molar-refractivity contribution in [3.05, 3.63) is 58.6 Å². The molecule has 0 spiro atoms. The predicted octanol–water partition coefficient (Wildman–Crippen LogP) is 5.18. The van der Waals surface area contributed by atoms with Crippen LogP contribution in [0, 0.1) is 6.92 Å². The van der Waals surface area contributed by atoms with Crippen molar-refractivity contribution < 1.29 is 4.74 Å². The second-order valence-electron chi connectivity index (χ2n) is 3.78. The number of ether oxygens (including phenoxy) is 1. The molecular formula is C14H12Cl2O. The summed E-state index contributed by atoms with van der Waals surface area (Å²) in [6.45, 7) is 2.03. The summed E-state index contributed by atoms with van der Waals surface area (Å²) in [5, 5.41) is 0.573. The Morgan fingerprint density at radius 3 is 2.41 bits per heavy atom. The molecule has 0 aliphatic heterocycles. The highest BCUT2D eigenvalue weighted by Crippen LogP contribution is 2.33. The number of aryl methyl sites for hydroxylation is 1. The second kappa shape index (κ2) is 5.44. The Labute approximate surface area is 111 Å². The van der Waals surface area contributed by atoms with Gasteiger partial charge in [-0.1, -0.05) is 41.4 Å². The van der Waals surface area contributed by atoms with Crippen molar-refractivity contribution in [2.45, 2.75) is 12.8 Å². The van der Waals surface area contributed by atoms with Crippen molar-refractivity contribution in [2.75, 3.05) is 0 Å². The highest BCUT2D eigenvalue weighted by Gasteiger charge is 2.08. The Hall–Kier alpha value is -1.18. The summed E-state index contributed by atoms with van der Waals surface area (Å²) in [5.74, 6) is 1.77. The first-order chi connectivity index (χ1) is 8.20. The molecule has 17 heavy (non-hydrogen) atoms. The van der Waals surface area contributed by atoms with Crippen LogP contribution in [0.25, 0.3) is 0 Å². The zero-order valence-corrected chi connectivity index (χ0v) is 10.9. The average Bonchev–Trinajstić information content (AvgIpc) is 2.34. The van der Waals surface area contributed by atoms with E-state index in [1.165, 1.54) is 5.56 Å². The SMILES string of the molecule is Cc1ccc(Oc2c(Cl)cccc2CCl)cc1. The van der Waals surface area contributed by atoms with Gasteiger partial charge in [0.25, 0.3) is 0 Å². The van der Waals surface area contributed by atoms with Crippen molar-refractivity contribution in [3.63, 3.8) is 0 Å². The largest absolute Gasteiger partial charge is 0.455 e. The minimum Gasteiger partial charge on any atom is -0.455 e. The number of rotatable bonds is 3. The molecule has 0 amide bonds. The van der Waals surface area contributed by atoms with Crippen LogP contribution in [0.15, 0.2) is 42.5 Å². The van der Waals surface area contributed by atoms with E-state index in [-0.39, 0.29) is 0 Å². The maximum Gasteiger partial charge on any atom is 0.150 e. The normalized spacial score (nSPS) is 10.3. The minimum absolute atomic E-state index is 0.377. The zero-order chi connectivity index (χ0) is 12.3. The van der Waals surface area contributed by atoms with Crippen LogP contribution < -0.4 is 4.74 Å². The van der Waals surface area contributed by atoms with Crippen LogP contribution in [-0.2, 0) is 5.88 Å². The lowest BCUT2D eigenvalue weighted by atomic mass is 10.2. The Morgan fingerprint density at radius 1 is 1.06 bits per heavy atom. The molecule has 0 saturated heterocycles. The third kappa shape index (κ3) is 2.93. The molecule has 2 rings (SSSR count). The molecule has 0 aromatic heterocycles. The quantitative estimate of drug-likeness (QED) is 0.696. The number of hydrogen-bond donors (Lipinski definition) is 0. The Balaban J connectivity index is 2.32. The van der Waals surface area contributed by atoms with Crippen molar-refractivity contribution in [2.24, 2.45) is 0 Å². The van der Waals surface area contributed by atoms with E-state index in [1.807, 2.05) is 43.3 Å². The first kappa shape index (κ1) is 12.3. The third-order valence-electron chi connectivity index (χ3n) is 2.43. The van der Waals surface area contributed by atoms with Gasteiger partial charge in [-0.3, -0.25) is 0 Å². The van der Waals surface area contributed by atoms with Gasteiger partial charge in [0.05, 0.1) is 10.9 Å². The van der Waals surface area contributed by atoms with Crippen LogP contribution in [0.3, 0.4) is 0 Å². The van der Waals surface area contributed by atoms with Crippen LogP contribution in [0.1, 0.15) is 11.1 Å². The van der Waals surface area contributed by atoms with Gasteiger partial charge in [0, 0.05) is 5.56 Å². The van der Waals surface area contributed by atoms with E-state index >= 15 is 0 Å². The highest BCUT2D eigenvalue weighted by molar-refractivity contribution is 6.32. The molecular weight excluding hydrogens is 255 g/mol. The van der Waals surface area contributed by atoms with Gasteiger partial charge in [0.15, 0.2) is 0 Å². The highest BCUT2D eigenvalue weighted by atomic mass is 35.5. The summed E-state index contributed by atoms with van der Waals surface area (Å²) in [7, 11) is 0. The molecule has 0 aliphatic rings. The maximum atomic E-state index is 6.11. The van der Waals surface area contributed by atoms with Gasteiger partial charge in [0.1, 0.15) is 11.5 Å². The van der Waals surface area contributed by atoms with Gasteiger partial charge in [-0.2, -0.15) is 0 Å². The lowest BCUT2D eigenvalue weighted by molar-refractivity contribution is 0.478. The Morgan fingerprint density at radius 2 is 1.76 bits per heavy atom. The van der Waals surface area contributed by atoms with Crippen LogP contribution >= 0.6 is 23.2 Å². The van der Waals surface area contributed by atoms with Crippen molar-refractivity contribution in [3.8, 4) is 11.5 Å². The van der Waals surface area contributed by atoms with E-state index in [9.17, 15) is 0 Å². The standard InChI is InChI=1S/C14H12Cl2O/c1-10-5-7-12(8-6-10)17-14-11(9-15)3-2-4-13(14)16/h2-8H,9H2,1H3. The summed E-state index contributed by atoms with van der Waals surface area (Å²) in [6.07, 6.45) is 0. The van der Waals surface area contributed by atoms with Gasteiger partial charge in [0.2, 0.25) is 0 Å². The second-order valence-corrected chi connectivity index (χ2v) is 4.45. The summed E-state index contributed by atoms with van der Waals surface area (Å²) in [5.41, 5.74) is 2.08. The molecule has 3 heteroatoms. The van der Waals surface area contributed by atoms with Crippen molar-refractivity contribution >= 4 is 23.2 Å². The molecule has 0 radical (unpaired) electrons. The smallest absolute Gasteiger partial charge is 0.150 e. The molecule has 0 heterocycles. The van der Waals surface area contributed by atoms with Gasteiger partial charge in [-0.05, 0) is 25.1 Å². The number of para-hydroxylation sites is 1. The predicted molar refractivity (Wildman–Crippen MR) is 72.3 cm³/mol. The maximum absolute atomic E-state index is 6.11. The number of benzene rings is 2. The monoisotopic (exact) mass is 266 g/mol. The molecule has 0 unspecified atom stereocenters. The van der Waals surface area contributed by atoms with E-state index in [0.717, 1.165) is 11.3 Å². The number of alkyl halides is 1.